The fraction of sp³-hybridized carbons (Fsp3) is 0.537. The van der Waals surface area contributed by atoms with E-state index in [4.69, 9.17) is 9.47 Å². The summed E-state index contributed by atoms with van der Waals surface area (Å²) in [6, 6.07) is 24.9. The molecule has 0 radical (unpaired) electrons. The molecule has 6 fully saturated rings. The highest BCUT2D eigenvalue weighted by molar-refractivity contribution is 5.75. The minimum absolute atomic E-state index is 0.00872. The Morgan fingerprint density at radius 1 is 0.816 bits per heavy atom. The van der Waals surface area contributed by atoms with Crippen molar-refractivity contribution in [1.82, 2.24) is 15.5 Å². The van der Waals surface area contributed by atoms with E-state index in [1.165, 1.54) is 19.3 Å². The summed E-state index contributed by atoms with van der Waals surface area (Å²) < 4.78 is 13.2. The van der Waals surface area contributed by atoms with Crippen molar-refractivity contribution in [2.45, 2.75) is 101 Å². The van der Waals surface area contributed by atoms with Gasteiger partial charge in [-0.05, 0) is 110 Å². The Hall–Kier alpha value is -3.27. The predicted molar refractivity (Wildman–Crippen MR) is 188 cm³/mol. The number of amides is 2. The van der Waals surface area contributed by atoms with Crippen LogP contribution in [-0.4, -0.2) is 58.5 Å². The maximum absolute atomic E-state index is 13.1. The van der Waals surface area contributed by atoms with Crippen LogP contribution >= 0.6 is 0 Å². The number of urea groups is 1. The van der Waals surface area contributed by atoms with E-state index in [1.807, 2.05) is 24.3 Å². The molecule has 260 valence electrons. The van der Waals surface area contributed by atoms with Crippen molar-refractivity contribution >= 4 is 6.03 Å². The van der Waals surface area contributed by atoms with Gasteiger partial charge in [-0.15, -0.1) is 0 Å². The van der Waals surface area contributed by atoms with Crippen LogP contribution in [0.5, 0.6) is 0 Å². The largest absolute Gasteiger partial charge is 0.395 e. The number of carbonyl (C=O) groups excluding carboxylic acids is 1. The summed E-state index contributed by atoms with van der Waals surface area (Å²) in [5.74, 6) is 2.40. The minimum atomic E-state index is -0.520. The smallest absolute Gasteiger partial charge is 0.315 e. The standard InChI is InChI=1S/C41H51N3O5/c45-25-27-6-8-33(9-7-27)38-19-37(24-44-14-2-5-36(44)26-46)48-39(49-38)34-12-10-32(11-13-34)35-4-1-3-28(18-35)23-42-40(47)43-41-20-29-15-30(21-41)17-31(16-29)22-41/h1,3-4,6-13,18,29-31,36-39,45-46H,2,5,14-17,19-26H2,(H2,42,43,47)/t29?,30?,31?,36-,37+,38-,39-,41?/m0/s1. The van der Waals surface area contributed by atoms with Crippen LogP contribution in [0.4, 0.5) is 4.79 Å². The maximum atomic E-state index is 13.1. The number of rotatable bonds is 10. The highest BCUT2D eigenvalue weighted by Crippen LogP contribution is 2.55. The quantitative estimate of drug-likeness (QED) is 0.194. The number of hydrogen-bond acceptors (Lipinski definition) is 6. The molecule has 3 aromatic rings. The third-order valence-electron chi connectivity index (χ3n) is 12.1. The van der Waals surface area contributed by atoms with Crippen LogP contribution in [0.1, 0.15) is 92.4 Å². The third-order valence-corrected chi connectivity index (χ3v) is 12.1. The summed E-state index contributed by atoms with van der Waals surface area (Å²) in [7, 11) is 0. The van der Waals surface area contributed by atoms with Gasteiger partial charge in [-0.2, -0.15) is 0 Å². The van der Waals surface area contributed by atoms with E-state index in [0.29, 0.717) is 6.54 Å². The predicted octanol–water partition coefficient (Wildman–Crippen LogP) is 6.62. The molecule has 3 aromatic carbocycles. The molecule has 4 N–H and O–H groups in total. The summed E-state index contributed by atoms with van der Waals surface area (Å²) in [5, 5.41) is 26.0. The maximum Gasteiger partial charge on any atom is 0.315 e. The fourth-order valence-electron chi connectivity index (χ4n) is 10.1. The van der Waals surface area contributed by atoms with Crippen molar-refractivity contribution in [2.75, 3.05) is 19.7 Å². The number of carbonyl (C=O) groups is 1. The van der Waals surface area contributed by atoms with Crippen molar-refractivity contribution in [1.29, 1.82) is 0 Å². The Bertz CT molecular complexity index is 1560. The van der Waals surface area contributed by atoms with Crippen molar-refractivity contribution in [2.24, 2.45) is 17.8 Å². The van der Waals surface area contributed by atoms with Gasteiger partial charge in [0.15, 0.2) is 6.29 Å². The highest BCUT2D eigenvalue weighted by Gasteiger charge is 2.51. The summed E-state index contributed by atoms with van der Waals surface area (Å²) in [4.78, 5) is 15.4. The van der Waals surface area contributed by atoms with Gasteiger partial charge in [0, 0.05) is 36.7 Å². The first-order valence-electron chi connectivity index (χ1n) is 18.5. The lowest BCUT2D eigenvalue weighted by Gasteiger charge is -2.56. The normalized spacial score (nSPS) is 32.3. The molecular formula is C41H51N3O5. The van der Waals surface area contributed by atoms with Crippen LogP contribution in [0.2, 0.25) is 0 Å². The fourth-order valence-corrected chi connectivity index (χ4v) is 10.1. The Morgan fingerprint density at radius 2 is 1.53 bits per heavy atom. The van der Waals surface area contributed by atoms with Gasteiger partial charge in [-0.25, -0.2) is 4.79 Å². The Balaban J connectivity index is 0.924. The van der Waals surface area contributed by atoms with E-state index in [-0.39, 0.29) is 43.0 Å². The van der Waals surface area contributed by atoms with E-state index in [2.05, 4.69) is 64.1 Å². The van der Waals surface area contributed by atoms with Gasteiger partial charge in [0.05, 0.1) is 25.4 Å². The Labute approximate surface area is 290 Å². The number of nitrogens with zero attached hydrogens (tertiary/aromatic N) is 1. The number of benzene rings is 3. The number of aliphatic hydroxyl groups is 2. The van der Waals surface area contributed by atoms with Gasteiger partial charge in [0.2, 0.25) is 0 Å². The number of ether oxygens (including phenoxy) is 2. The average Bonchev–Trinajstić information content (AvgIpc) is 3.57. The molecule has 49 heavy (non-hydrogen) atoms. The van der Waals surface area contributed by atoms with Gasteiger partial charge < -0.3 is 30.3 Å². The van der Waals surface area contributed by atoms with Gasteiger partial charge in [-0.1, -0.05) is 66.7 Å². The van der Waals surface area contributed by atoms with E-state index in [9.17, 15) is 15.0 Å². The van der Waals surface area contributed by atoms with Crippen molar-refractivity contribution in [3.8, 4) is 11.1 Å². The van der Waals surface area contributed by atoms with Crippen LogP contribution in [0.15, 0.2) is 72.8 Å². The van der Waals surface area contributed by atoms with Crippen molar-refractivity contribution in [3.05, 3.63) is 95.1 Å². The molecule has 4 aliphatic carbocycles. The second kappa shape index (κ2) is 14.2. The van der Waals surface area contributed by atoms with Crippen LogP contribution in [0, 0.1) is 17.8 Å². The van der Waals surface area contributed by atoms with E-state index in [1.54, 1.807) is 0 Å². The SMILES string of the molecule is O=C(NCc1cccc(-c2ccc([C@H]3O[C@@H](CN4CCC[C@H]4CO)C[C@@H](c4ccc(CO)cc4)O3)cc2)c1)NC12CC3CC(CC(C3)C1)C2. The second-order valence-electron chi connectivity index (χ2n) is 15.7. The second-order valence-corrected chi connectivity index (χ2v) is 15.7. The van der Waals surface area contributed by atoms with E-state index >= 15 is 0 Å². The van der Waals surface area contributed by atoms with Crippen LogP contribution in [0.3, 0.4) is 0 Å². The van der Waals surface area contributed by atoms with Gasteiger partial charge in [0.25, 0.3) is 0 Å². The van der Waals surface area contributed by atoms with Crippen LogP contribution < -0.4 is 10.6 Å². The lowest BCUT2D eigenvalue weighted by molar-refractivity contribution is -0.253. The first-order valence-corrected chi connectivity index (χ1v) is 18.5. The van der Waals surface area contributed by atoms with Gasteiger partial charge in [-0.3, -0.25) is 4.90 Å². The minimum Gasteiger partial charge on any atom is -0.395 e. The topological polar surface area (TPSA) is 103 Å². The molecule has 6 aliphatic rings. The number of nitrogens with one attached hydrogen (secondary N) is 2. The number of aliphatic hydroxyl groups excluding tert-OH is 2. The van der Waals surface area contributed by atoms with Gasteiger partial charge >= 0.3 is 6.03 Å². The number of hydrogen-bond donors (Lipinski definition) is 4. The first-order chi connectivity index (χ1) is 23.9. The van der Waals surface area contributed by atoms with E-state index < -0.39 is 6.29 Å². The molecule has 8 heteroatoms. The van der Waals surface area contributed by atoms with Crippen LogP contribution in [0.25, 0.3) is 11.1 Å². The molecular weight excluding hydrogens is 614 g/mol. The molecule has 4 bridgehead atoms. The lowest BCUT2D eigenvalue weighted by atomic mass is 9.53. The molecule has 0 unspecified atom stereocenters. The molecule has 2 aliphatic heterocycles. The van der Waals surface area contributed by atoms with Crippen molar-refractivity contribution < 1.29 is 24.5 Å². The molecule has 0 aromatic heterocycles. The summed E-state index contributed by atoms with van der Waals surface area (Å²) in [5.41, 5.74) is 6.19. The molecule has 4 atom stereocenters. The van der Waals surface area contributed by atoms with Crippen LogP contribution in [-0.2, 0) is 22.6 Å². The average molecular weight is 666 g/mol. The summed E-state index contributed by atoms with van der Waals surface area (Å²) in [6.07, 6.45) is 9.67. The lowest BCUT2D eigenvalue weighted by Crippen LogP contribution is -2.61. The molecule has 2 amide bonds. The zero-order valence-corrected chi connectivity index (χ0v) is 28.4. The molecule has 2 heterocycles. The molecule has 2 saturated heterocycles. The zero-order valence-electron chi connectivity index (χ0n) is 28.4. The highest BCUT2D eigenvalue weighted by atomic mass is 16.7. The Kier molecular flexibility index (Phi) is 9.51. The molecule has 8 nitrogen and oxygen atoms in total. The van der Waals surface area contributed by atoms with Crippen molar-refractivity contribution in [3.63, 3.8) is 0 Å². The van der Waals surface area contributed by atoms with Gasteiger partial charge in [0.1, 0.15) is 0 Å². The third kappa shape index (κ3) is 7.31. The molecule has 0 spiro atoms. The Morgan fingerprint density at radius 3 is 2.22 bits per heavy atom. The summed E-state index contributed by atoms with van der Waals surface area (Å²) in [6.45, 7) is 2.41. The zero-order chi connectivity index (χ0) is 33.4. The molecule has 4 saturated carbocycles. The molecule has 9 rings (SSSR count). The monoisotopic (exact) mass is 665 g/mol. The first kappa shape index (κ1) is 32.9. The summed E-state index contributed by atoms with van der Waals surface area (Å²) >= 11 is 0. The number of likely N-dealkylation sites (tertiary alicyclic amines) is 1. The van der Waals surface area contributed by atoms with E-state index in [0.717, 1.165) is 103 Å².